The van der Waals surface area contributed by atoms with Gasteiger partial charge < -0.3 is 5.11 Å². The molecule has 0 unspecified atom stereocenters. The van der Waals surface area contributed by atoms with Crippen molar-refractivity contribution < 1.29 is 18.3 Å². The third-order valence-electron chi connectivity index (χ3n) is 2.36. The summed E-state index contributed by atoms with van der Waals surface area (Å²) in [4.78, 5) is 10.9. The highest BCUT2D eigenvalue weighted by Crippen LogP contribution is 2.25. The van der Waals surface area contributed by atoms with E-state index in [1.807, 2.05) is 0 Å². The molecule has 1 aromatic carbocycles. The number of hydrogen-bond acceptors (Lipinski definition) is 4. The Morgan fingerprint density at radius 2 is 1.84 bits per heavy atom. The van der Waals surface area contributed by atoms with Crippen LogP contribution in [-0.2, 0) is 14.8 Å². The number of hydrogen-bond donors (Lipinski definition) is 1. The molecule has 0 atom stereocenters. The van der Waals surface area contributed by atoms with E-state index in [2.05, 4.69) is 0 Å². The van der Waals surface area contributed by atoms with Crippen LogP contribution in [0.15, 0.2) is 52.1 Å². The quantitative estimate of drug-likeness (QED) is 0.916. The number of carboxylic acids is 1. The normalized spacial score (nSPS) is 11.2. The summed E-state index contributed by atoms with van der Waals surface area (Å²) in [5.41, 5.74) is 0.332. The van der Waals surface area contributed by atoms with Crippen molar-refractivity contribution in [2.45, 2.75) is 4.21 Å². The molecule has 0 fully saturated rings. The maximum absolute atomic E-state index is 12.4. The summed E-state index contributed by atoms with van der Waals surface area (Å²) < 4.78 is 25.8. The topological polar surface area (TPSA) is 74.7 Å². The molecule has 0 saturated heterocycles. The van der Waals surface area contributed by atoms with Crippen LogP contribution in [0.1, 0.15) is 0 Å². The van der Waals surface area contributed by atoms with Crippen molar-refractivity contribution in [3.05, 3.63) is 47.8 Å². The fourth-order valence-corrected chi connectivity index (χ4v) is 4.07. The van der Waals surface area contributed by atoms with Crippen LogP contribution in [-0.4, -0.2) is 26.0 Å². The number of anilines is 1. The number of aliphatic carboxylic acids is 1. The maximum atomic E-state index is 12.4. The second-order valence-electron chi connectivity index (χ2n) is 3.67. The van der Waals surface area contributed by atoms with E-state index in [4.69, 9.17) is 5.11 Å². The molecule has 0 aliphatic rings. The first-order chi connectivity index (χ1) is 9.01. The summed E-state index contributed by atoms with van der Waals surface area (Å²) in [6.07, 6.45) is 0. The van der Waals surface area contributed by atoms with Crippen molar-refractivity contribution in [3.63, 3.8) is 0 Å². The second-order valence-corrected chi connectivity index (χ2v) is 6.71. The van der Waals surface area contributed by atoms with E-state index in [1.54, 1.807) is 41.8 Å². The average Bonchev–Trinajstić information content (AvgIpc) is 2.91. The number of benzene rings is 1. The van der Waals surface area contributed by atoms with E-state index >= 15 is 0 Å². The van der Waals surface area contributed by atoms with Gasteiger partial charge in [-0.25, -0.2) is 8.42 Å². The molecule has 0 spiro atoms. The minimum absolute atomic E-state index is 0.123. The van der Waals surface area contributed by atoms with Crippen molar-refractivity contribution in [1.82, 2.24) is 0 Å². The molecule has 0 aliphatic carbocycles. The molecule has 2 aromatic rings. The van der Waals surface area contributed by atoms with Crippen molar-refractivity contribution in [3.8, 4) is 0 Å². The van der Waals surface area contributed by atoms with Crippen LogP contribution in [0.25, 0.3) is 0 Å². The van der Waals surface area contributed by atoms with Crippen LogP contribution in [0, 0.1) is 0 Å². The molecule has 1 N–H and O–H groups in total. The Morgan fingerprint density at radius 3 is 2.37 bits per heavy atom. The highest BCUT2D eigenvalue weighted by Gasteiger charge is 2.27. The molecular weight excluding hydrogens is 286 g/mol. The average molecular weight is 297 g/mol. The summed E-state index contributed by atoms with van der Waals surface area (Å²) in [7, 11) is -3.83. The number of thiophene rings is 1. The molecule has 0 bridgehead atoms. The fourth-order valence-electron chi connectivity index (χ4n) is 1.55. The lowest BCUT2D eigenvalue weighted by Gasteiger charge is -2.21. The Hall–Kier alpha value is -1.86. The van der Waals surface area contributed by atoms with Gasteiger partial charge in [-0.15, -0.1) is 11.3 Å². The third kappa shape index (κ3) is 2.94. The first-order valence-corrected chi connectivity index (χ1v) is 7.67. The molecule has 1 heterocycles. The molecular formula is C12H11NO4S2. The van der Waals surface area contributed by atoms with E-state index in [1.165, 1.54) is 6.07 Å². The van der Waals surface area contributed by atoms with Crippen LogP contribution in [0.3, 0.4) is 0 Å². The lowest BCUT2D eigenvalue weighted by atomic mass is 10.3. The van der Waals surface area contributed by atoms with Crippen LogP contribution < -0.4 is 4.31 Å². The van der Waals surface area contributed by atoms with Crippen LogP contribution in [0.4, 0.5) is 5.69 Å². The van der Waals surface area contributed by atoms with Gasteiger partial charge in [0.15, 0.2) is 0 Å². The molecule has 0 aliphatic heterocycles. The first kappa shape index (κ1) is 13.6. The smallest absolute Gasteiger partial charge is 0.324 e. The Morgan fingerprint density at radius 1 is 1.16 bits per heavy atom. The maximum Gasteiger partial charge on any atom is 0.324 e. The Labute approximate surface area is 114 Å². The van der Waals surface area contributed by atoms with Crippen molar-refractivity contribution in [2.24, 2.45) is 0 Å². The van der Waals surface area contributed by atoms with Gasteiger partial charge in [0.05, 0.1) is 5.69 Å². The van der Waals surface area contributed by atoms with Gasteiger partial charge >= 0.3 is 5.97 Å². The van der Waals surface area contributed by atoms with E-state index in [0.717, 1.165) is 15.6 Å². The molecule has 0 saturated carbocycles. The van der Waals surface area contributed by atoms with Crippen molar-refractivity contribution >= 4 is 33.0 Å². The van der Waals surface area contributed by atoms with Gasteiger partial charge in [-0.2, -0.15) is 0 Å². The summed E-state index contributed by atoms with van der Waals surface area (Å²) in [6, 6.07) is 11.3. The summed E-state index contributed by atoms with van der Waals surface area (Å²) in [5.74, 6) is -1.20. The number of nitrogens with zero attached hydrogens (tertiary/aromatic N) is 1. The Bertz CT molecular complexity index is 650. The molecule has 19 heavy (non-hydrogen) atoms. The molecule has 0 amide bonds. The van der Waals surface area contributed by atoms with E-state index < -0.39 is 22.5 Å². The number of carboxylic acid groups (broad SMARTS) is 1. The van der Waals surface area contributed by atoms with E-state index in [-0.39, 0.29) is 4.21 Å². The van der Waals surface area contributed by atoms with Gasteiger partial charge in [-0.05, 0) is 23.6 Å². The molecule has 1 aromatic heterocycles. The number of sulfonamides is 1. The minimum Gasteiger partial charge on any atom is -0.480 e. The Balaban J connectivity index is 2.47. The predicted molar refractivity (Wildman–Crippen MR) is 72.9 cm³/mol. The van der Waals surface area contributed by atoms with E-state index in [0.29, 0.717) is 5.69 Å². The van der Waals surface area contributed by atoms with Crippen LogP contribution in [0.2, 0.25) is 0 Å². The number of rotatable bonds is 5. The van der Waals surface area contributed by atoms with Gasteiger partial charge in [-0.3, -0.25) is 9.10 Å². The Kier molecular flexibility index (Phi) is 3.87. The van der Waals surface area contributed by atoms with Gasteiger partial charge in [-0.1, -0.05) is 24.3 Å². The predicted octanol–water partition coefficient (Wildman–Crippen LogP) is 2.03. The van der Waals surface area contributed by atoms with Gasteiger partial charge in [0.2, 0.25) is 0 Å². The molecule has 5 nitrogen and oxygen atoms in total. The zero-order valence-electron chi connectivity index (χ0n) is 9.76. The highest BCUT2D eigenvalue weighted by atomic mass is 32.2. The van der Waals surface area contributed by atoms with Crippen LogP contribution in [0.5, 0.6) is 0 Å². The molecule has 2 rings (SSSR count). The lowest BCUT2D eigenvalue weighted by molar-refractivity contribution is -0.135. The zero-order valence-corrected chi connectivity index (χ0v) is 11.4. The van der Waals surface area contributed by atoms with Gasteiger partial charge in [0, 0.05) is 0 Å². The largest absolute Gasteiger partial charge is 0.480 e. The molecule has 100 valence electrons. The number of carbonyl (C=O) groups is 1. The summed E-state index contributed by atoms with van der Waals surface area (Å²) in [6.45, 7) is -0.607. The van der Waals surface area contributed by atoms with Gasteiger partial charge in [0.1, 0.15) is 10.8 Å². The standard InChI is InChI=1S/C12H11NO4S2/c14-11(15)9-13(10-5-2-1-3-6-10)19(16,17)12-7-4-8-18-12/h1-8H,9H2,(H,14,15). The first-order valence-electron chi connectivity index (χ1n) is 5.35. The molecule has 0 radical (unpaired) electrons. The monoisotopic (exact) mass is 297 g/mol. The van der Waals surface area contributed by atoms with E-state index in [9.17, 15) is 13.2 Å². The number of para-hydroxylation sites is 1. The second kappa shape index (κ2) is 5.41. The summed E-state index contributed by atoms with van der Waals surface area (Å²) in [5, 5.41) is 10.5. The lowest BCUT2D eigenvalue weighted by Crippen LogP contribution is -2.35. The SMILES string of the molecule is O=C(O)CN(c1ccccc1)S(=O)(=O)c1cccs1. The third-order valence-corrected chi connectivity index (χ3v) is 5.51. The fraction of sp³-hybridized carbons (Fsp3) is 0.0833. The zero-order chi connectivity index (χ0) is 13.9. The minimum atomic E-state index is -3.83. The summed E-state index contributed by atoms with van der Waals surface area (Å²) >= 11 is 1.06. The van der Waals surface area contributed by atoms with Crippen molar-refractivity contribution in [1.29, 1.82) is 0 Å². The highest BCUT2D eigenvalue weighted by molar-refractivity contribution is 7.94. The van der Waals surface area contributed by atoms with Crippen molar-refractivity contribution in [2.75, 3.05) is 10.8 Å². The van der Waals surface area contributed by atoms with Gasteiger partial charge in [0.25, 0.3) is 10.0 Å². The van der Waals surface area contributed by atoms with Crippen LogP contribution >= 0.6 is 11.3 Å². The molecule has 7 heteroatoms.